The van der Waals surface area contributed by atoms with E-state index in [1.54, 1.807) is 54.6 Å². The van der Waals surface area contributed by atoms with Crippen molar-refractivity contribution in [3.05, 3.63) is 120 Å². The van der Waals surface area contributed by atoms with Gasteiger partial charge in [0.25, 0.3) is 5.91 Å². The Hall–Kier alpha value is -5.11. The monoisotopic (exact) mass is 564 g/mol. The summed E-state index contributed by atoms with van der Waals surface area (Å²) in [6.07, 6.45) is 3.83. The number of hydrogen-bond donors (Lipinski definition) is 3. The summed E-state index contributed by atoms with van der Waals surface area (Å²) in [6.45, 7) is 0. The number of carbonyl (C=O) groups excluding carboxylic acids is 2. The molecule has 0 bridgehead atoms. The summed E-state index contributed by atoms with van der Waals surface area (Å²) in [5, 5.41) is 15.1. The van der Waals surface area contributed by atoms with Crippen LogP contribution in [0.4, 0.5) is 5.69 Å². The normalized spacial score (nSPS) is 16.2. The molecule has 2 amide bonds. The second kappa shape index (κ2) is 13.5. The quantitative estimate of drug-likeness (QED) is 0.203. The van der Waals surface area contributed by atoms with Crippen molar-refractivity contribution in [3.8, 4) is 17.2 Å². The molecule has 0 saturated heterocycles. The van der Waals surface area contributed by atoms with E-state index < -0.39 is 5.97 Å². The maximum absolute atomic E-state index is 12.7. The predicted molar refractivity (Wildman–Crippen MR) is 159 cm³/mol. The number of benzene rings is 4. The third-order valence-electron chi connectivity index (χ3n) is 7.12. The molecule has 42 heavy (non-hydrogen) atoms. The van der Waals surface area contributed by atoms with Crippen LogP contribution in [0.2, 0.25) is 0 Å². The lowest BCUT2D eigenvalue weighted by Crippen LogP contribution is -2.47. The number of carboxylic acid groups (broad SMARTS) is 1. The molecule has 1 aliphatic carbocycles. The highest BCUT2D eigenvalue weighted by Gasteiger charge is 2.28. The maximum Gasteiger partial charge on any atom is 0.337 e. The molecule has 3 N–H and O–H groups in total. The molecule has 2 atom stereocenters. The number of aromatic carboxylic acids is 1. The Morgan fingerprint density at radius 1 is 0.738 bits per heavy atom. The summed E-state index contributed by atoms with van der Waals surface area (Å²) < 4.78 is 12.3. The summed E-state index contributed by atoms with van der Waals surface area (Å²) in [5.74, 6) is 0.454. The molecule has 0 radical (unpaired) electrons. The van der Waals surface area contributed by atoms with E-state index in [9.17, 15) is 19.5 Å². The van der Waals surface area contributed by atoms with Crippen LogP contribution < -0.4 is 20.1 Å². The summed E-state index contributed by atoms with van der Waals surface area (Å²) in [7, 11) is 0. The molecule has 2 unspecified atom stereocenters. The van der Waals surface area contributed by atoms with Crippen molar-refractivity contribution in [3.63, 3.8) is 0 Å². The van der Waals surface area contributed by atoms with Crippen LogP contribution in [0, 0.1) is 0 Å². The molecular weight excluding hydrogens is 532 g/mol. The number of amides is 2. The first-order valence-corrected chi connectivity index (χ1v) is 14.0. The molecule has 0 aliphatic heterocycles. The number of hydrogen-bond acceptors (Lipinski definition) is 5. The van der Waals surface area contributed by atoms with Gasteiger partial charge in [-0.2, -0.15) is 0 Å². The topological polar surface area (TPSA) is 114 Å². The first kappa shape index (κ1) is 28.4. The van der Waals surface area contributed by atoms with Crippen molar-refractivity contribution in [2.45, 2.75) is 44.2 Å². The summed E-state index contributed by atoms with van der Waals surface area (Å²) in [5.41, 5.74) is 1.71. The van der Waals surface area contributed by atoms with Gasteiger partial charge in [-0.3, -0.25) is 9.59 Å². The largest absolute Gasteiger partial charge is 0.488 e. The summed E-state index contributed by atoms with van der Waals surface area (Å²) >= 11 is 0. The van der Waals surface area contributed by atoms with E-state index in [-0.39, 0.29) is 41.6 Å². The molecule has 8 nitrogen and oxygen atoms in total. The zero-order chi connectivity index (χ0) is 29.3. The lowest BCUT2D eigenvalue weighted by atomic mass is 9.92. The van der Waals surface area contributed by atoms with E-state index in [4.69, 9.17) is 9.47 Å². The van der Waals surface area contributed by atoms with Crippen molar-refractivity contribution in [1.29, 1.82) is 0 Å². The highest BCUT2D eigenvalue weighted by atomic mass is 16.5. The predicted octanol–water partition coefficient (Wildman–Crippen LogP) is 6.48. The number of para-hydroxylation sites is 1. The first-order chi connectivity index (χ1) is 20.4. The van der Waals surface area contributed by atoms with Gasteiger partial charge >= 0.3 is 5.97 Å². The number of rotatable bonds is 10. The smallest absolute Gasteiger partial charge is 0.337 e. The lowest BCUT2D eigenvalue weighted by Gasteiger charge is -2.32. The Balaban J connectivity index is 1.13. The van der Waals surface area contributed by atoms with E-state index in [0.717, 1.165) is 31.2 Å². The Kier molecular flexibility index (Phi) is 9.13. The SMILES string of the molecule is O=C(Cc1ccc(Oc2ccc(OC3CCCCC3NC(=O)c3ccccc3)cc2)cc1)Nc1ccccc1C(=O)O. The molecule has 214 valence electrons. The van der Waals surface area contributed by atoms with Crippen molar-refractivity contribution in [1.82, 2.24) is 5.32 Å². The number of nitrogens with one attached hydrogen (secondary N) is 2. The Morgan fingerprint density at radius 2 is 1.36 bits per heavy atom. The van der Waals surface area contributed by atoms with Gasteiger partial charge in [-0.1, -0.05) is 48.9 Å². The number of carboxylic acids is 1. The van der Waals surface area contributed by atoms with E-state index in [1.165, 1.54) is 6.07 Å². The minimum Gasteiger partial charge on any atom is -0.488 e. The van der Waals surface area contributed by atoms with Crippen LogP contribution in [0.15, 0.2) is 103 Å². The standard InChI is InChI=1S/C34H32N2O6/c37-32(35-29-11-5-4-10-28(29)34(39)40)22-23-14-16-25(17-15-23)41-26-18-20-27(21-19-26)42-31-13-7-6-12-30(31)36-33(38)24-8-2-1-3-9-24/h1-5,8-11,14-21,30-31H,6-7,12-13,22H2,(H,35,37)(H,36,38)(H,39,40). The molecule has 8 heteroatoms. The number of anilines is 1. The summed E-state index contributed by atoms with van der Waals surface area (Å²) in [6, 6.07) is 30.0. The van der Waals surface area contributed by atoms with Gasteiger partial charge in [0.1, 0.15) is 23.4 Å². The van der Waals surface area contributed by atoms with Crippen molar-refractivity contribution in [2.75, 3.05) is 5.32 Å². The minimum atomic E-state index is -1.10. The maximum atomic E-state index is 12.7. The average molecular weight is 565 g/mol. The molecule has 0 spiro atoms. The van der Waals surface area contributed by atoms with Crippen LogP contribution in [-0.2, 0) is 11.2 Å². The van der Waals surface area contributed by atoms with Crippen molar-refractivity contribution in [2.24, 2.45) is 0 Å². The van der Waals surface area contributed by atoms with Crippen LogP contribution in [-0.4, -0.2) is 35.0 Å². The van der Waals surface area contributed by atoms with Crippen LogP contribution >= 0.6 is 0 Å². The molecule has 4 aromatic carbocycles. The van der Waals surface area contributed by atoms with E-state index in [1.807, 2.05) is 42.5 Å². The van der Waals surface area contributed by atoms with Crippen molar-refractivity contribution >= 4 is 23.5 Å². The van der Waals surface area contributed by atoms with Gasteiger partial charge in [-0.15, -0.1) is 0 Å². The average Bonchev–Trinajstić information content (AvgIpc) is 3.00. The molecule has 0 heterocycles. The second-order valence-electron chi connectivity index (χ2n) is 10.2. The van der Waals surface area contributed by atoms with E-state index >= 15 is 0 Å². The molecule has 1 fully saturated rings. The van der Waals surface area contributed by atoms with Gasteiger partial charge in [0.05, 0.1) is 23.7 Å². The third-order valence-corrected chi connectivity index (χ3v) is 7.12. The van der Waals surface area contributed by atoms with Gasteiger partial charge in [-0.25, -0.2) is 4.79 Å². The molecule has 5 rings (SSSR count). The van der Waals surface area contributed by atoms with Crippen molar-refractivity contribution < 1.29 is 29.0 Å². The minimum absolute atomic E-state index is 0.0411. The van der Waals surface area contributed by atoms with Gasteiger partial charge in [0, 0.05) is 5.56 Å². The molecule has 0 aromatic heterocycles. The van der Waals surface area contributed by atoms with Gasteiger partial charge in [-0.05, 0) is 85.5 Å². The van der Waals surface area contributed by atoms with Crippen LogP contribution in [0.5, 0.6) is 17.2 Å². The van der Waals surface area contributed by atoms with E-state index in [2.05, 4.69) is 10.6 Å². The number of ether oxygens (including phenoxy) is 2. The zero-order valence-corrected chi connectivity index (χ0v) is 23.0. The summed E-state index contributed by atoms with van der Waals surface area (Å²) in [4.78, 5) is 36.5. The van der Waals surface area contributed by atoms with Crippen LogP contribution in [0.3, 0.4) is 0 Å². The fourth-order valence-electron chi connectivity index (χ4n) is 4.98. The van der Waals surface area contributed by atoms with Gasteiger partial charge in [0.15, 0.2) is 0 Å². The Bertz CT molecular complexity index is 1520. The molecule has 1 saturated carbocycles. The highest BCUT2D eigenvalue weighted by molar-refractivity contribution is 6.01. The Morgan fingerprint density at radius 3 is 2.07 bits per heavy atom. The molecular formula is C34H32N2O6. The molecule has 4 aromatic rings. The van der Waals surface area contributed by atoms with Gasteiger partial charge in [0.2, 0.25) is 5.91 Å². The fourth-order valence-corrected chi connectivity index (χ4v) is 4.98. The Labute approximate surface area is 244 Å². The highest BCUT2D eigenvalue weighted by Crippen LogP contribution is 2.28. The zero-order valence-electron chi connectivity index (χ0n) is 23.0. The molecule has 1 aliphatic rings. The van der Waals surface area contributed by atoms with Crippen LogP contribution in [0.1, 0.15) is 52.0 Å². The number of carbonyl (C=O) groups is 3. The van der Waals surface area contributed by atoms with E-state index in [0.29, 0.717) is 22.8 Å². The lowest BCUT2D eigenvalue weighted by molar-refractivity contribution is -0.115. The first-order valence-electron chi connectivity index (χ1n) is 14.0. The third kappa shape index (κ3) is 7.54. The van der Waals surface area contributed by atoms with Crippen LogP contribution in [0.25, 0.3) is 0 Å². The fraction of sp³-hybridized carbons (Fsp3) is 0.206. The second-order valence-corrected chi connectivity index (χ2v) is 10.2. The van der Waals surface area contributed by atoms with Gasteiger partial charge < -0.3 is 25.2 Å².